The van der Waals surface area contributed by atoms with E-state index in [1.54, 1.807) is 20.8 Å². The van der Waals surface area contributed by atoms with Gasteiger partial charge in [-0.05, 0) is 52.5 Å². The van der Waals surface area contributed by atoms with Crippen molar-refractivity contribution in [2.75, 3.05) is 19.7 Å². The molecule has 0 radical (unpaired) electrons. The van der Waals surface area contributed by atoms with Crippen molar-refractivity contribution in [3.05, 3.63) is 10.4 Å². The SMILES string of the molecule is C[C@H](NC(=O)[C@H](CCN=[N+]=[N-])NC(=O)OC(C)(C)C)C(=O)N1CCC[C@@H](C(=O)OCC(Cl)(Cl)Cl)N1. The van der Waals surface area contributed by atoms with Gasteiger partial charge in [-0.2, -0.15) is 0 Å². The van der Waals surface area contributed by atoms with Gasteiger partial charge in [0, 0.05) is 18.0 Å². The number of halogens is 3. The van der Waals surface area contributed by atoms with E-state index in [0.29, 0.717) is 12.8 Å². The molecular weight excluding hydrogens is 529 g/mol. The molecular formula is C19H30Cl3N7O6. The van der Waals surface area contributed by atoms with Crippen molar-refractivity contribution in [1.82, 2.24) is 21.1 Å². The van der Waals surface area contributed by atoms with Gasteiger partial charge >= 0.3 is 12.1 Å². The third-order valence-corrected chi connectivity index (χ3v) is 4.76. The van der Waals surface area contributed by atoms with Gasteiger partial charge in [0.15, 0.2) is 0 Å². The zero-order chi connectivity index (χ0) is 26.8. The van der Waals surface area contributed by atoms with Crippen LogP contribution in [0.15, 0.2) is 5.11 Å². The van der Waals surface area contributed by atoms with Crippen LogP contribution in [0.1, 0.15) is 47.0 Å². The largest absolute Gasteiger partial charge is 0.460 e. The Kier molecular flexibility index (Phi) is 12.2. The van der Waals surface area contributed by atoms with E-state index in [4.69, 9.17) is 49.8 Å². The van der Waals surface area contributed by atoms with Crippen LogP contribution in [-0.2, 0) is 23.9 Å². The molecule has 1 rings (SSSR count). The van der Waals surface area contributed by atoms with Gasteiger partial charge in [-0.15, -0.1) is 0 Å². The van der Waals surface area contributed by atoms with Crippen molar-refractivity contribution in [3.63, 3.8) is 0 Å². The van der Waals surface area contributed by atoms with Gasteiger partial charge in [0.2, 0.25) is 9.70 Å². The van der Waals surface area contributed by atoms with E-state index in [9.17, 15) is 19.2 Å². The second kappa shape index (κ2) is 13.8. The number of ether oxygens (including phenoxy) is 2. The predicted molar refractivity (Wildman–Crippen MR) is 129 cm³/mol. The smallest absolute Gasteiger partial charge is 0.408 e. The monoisotopic (exact) mass is 557 g/mol. The first kappa shape index (κ1) is 30.9. The molecule has 1 fully saturated rings. The minimum Gasteiger partial charge on any atom is -0.460 e. The van der Waals surface area contributed by atoms with Gasteiger partial charge in [-0.1, -0.05) is 39.9 Å². The Hall–Kier alpha value is -2.18. The number of alkyl halides is 3. The third kappa shape index (κ3) is 12.4. The summed E-state index contributed by atoms with van der Waals surface area (Å²) in [6.45, 7) is 6.20. The van der Waals surface area contributed by atoms with Crippen LogP contribution in [0.2, 0.25) is 0 Å². The molecule has 0 aliphatic carbocycles. The van der Waals surface area contributed by atoms with Crippen molar-refractivity contribution in [1.29, 1.82) is 0 Å². The molecule has 35 heavy (non-hydrogen) atoms. The molecule has 13 nitrogen and oxygen atoms in total. The molecule has 0 spiro atoms. The average Bonchev–Trinajstić information content (AvgIpc) is 2.74. The molecule has 1 aliphatic heterocycles. The van der Waals surface area contributed by atoms with E-state index in [0.717, 1.165) is 0 Å². The van der Waals surface area contributed by atoms with E-state index < -0.39 is 58.0 Å². The summed E-state index contributed by atoms with van der Waals surface area (Å²) in [6.07, 6.45) is 0.0214. The molecule has 0 aromatic rings. The van der Waals surface area contributed by atoms with Crippen LogP contribution >= 0.6 is 34.8 Å². The van der Waals surface area contributed by atoms with Gasteiger partial charge in [0.1, 0.15) is 30.3 Å². The van der Waals surface area contributed by atoms with Crippen LogP contribution in [-0.4, -0.2) is 76.1 Å². The Bertz CT molecular complexity index is 827. The highest BCUT2D eigenvalue weighted by atomic mass is 35.6. The average molecular weight is 559 g/mol. The summed E-state index contributed by atoms with van der Waals surface area (Å²) < 4.78 is 8.35. The van der Waals surface area contributed by atoms with E-state index in [1.807, 2.05) is 0 Å². The van der Waals surface area contributed by atoms with E-state index in [1.165, 1.54) is 11.9 Å². The minimum atomic E-state index is -1.76. The minimum absolute atomic E-state index is 0.0187. The number of hydrazine groups is 1. The standard InChI is InChI=1S/C19H30Cl3N7O6/c1-11(15(31)29-9-5-6-13(27-29)16(32)34-10-19(20,21)22)25-14(30)12(7-8-24-28-23)26-17(33)35-18(2,3)4/h11-13,27H,5-10H2,1-4H3,(H,25,30)(H,26,33)/t11-,12-,13-/m0/s1. The second-order valence-corrected chi connectivity index (χ2v) is 11.2. The molecule has 1 saturated heterocycles. The van der Waals surface area contributed by atoms with E-state index in [2.05, 4.69) is 26.1 Å². The van der Waals surface area contributed by atoms with Crippen molar-refractivity contribution >= 4 is 58.7 Å². The van der Waals surface area contributed by atoms with E-state index >= 15 is 0 Å². The first-order valence-electron chi connectivity index (χ1n) is 10.7. The lowest BCUT2D eigenvalue weighted by molar-refractivity contribution is -0.152. The topological polar surface area (TPSA) is 175 Å². The maximum atomic E-state index is 12.9. The molecule has 0 aromatic heterocycles. The Morgan fingerprint density at radius 3 is 2.46 bits per heavy atom. The Morgan fingerprint density at radius 1 is 1.23 bits per heavy atom. The normalized spacial score (nSPS) is 17.9. The number of carbonyl (C=O) groups is 4. The Labute approximate surface area is 218 Å². The number of carbonyl (C=O) groups excluding carboxylic acids is 4. The Balaban J connectivity index is 2.75. The van der Waals surface area contributed by atoms with Gasteiger partial charge < -0.3 is 20.1 Å². The number of rotatable bonds is 9. The molecule has 1 aliphatic rings. The number of alkyl carbamates (subject to hydrolysis) is 1. The van der Waals surface area contributed by atoms with Crippen LogP contribution in [0.3, 0.4) is 0 Å². The lowest BCUT2D eigenvalue weighted by atomic mass is 10.1. The zero-order valence-electron chi connectivity index (χ0n) is 19.8. The molecule has 198 valence electrons. The molecule has 16 heteroatoms. The number of hydrogen-bond acceptors (Lipinski definition) is 8. The molecule has 3 amide bonds. The summed E-state index contributed by atoms with van der Waals surface area (Å²) in [6, 6.07) is -2.98. The number of esters is 1. The first-order chi connectivity index (χ1) is 16.1. The van der Waals surface area contributed by atoms with Crippen LogP contribution in [0.4, 0.5) is 4.79 Å². The number of azide groups is 1. The molecule has 1 heterocycles. The lowest BCUT2D eigenvalue weighted by Crippen LogP contribution is -2.60. The van der Waals surface area contributed by atoms with Crippen molar-refractivity contribution in [3.8, 4) is 0 Å². The summed E-state index contributed by atoms with van der Waals surface area (Å²) >= 11 is 16.8. The lowest BCUT2D eigenvalue weighted by Gasteiger charge is -2.34. The molecule has 3 N–H and O–H groups in total. The number of nitrogens with one attached hydrogen (secondary N) is 3. The number of nitrogens with zero attached hydrogens (tertiary/aromatic N) is 4. The van der Waals surface area contributed by atoms with Gasteiger partial charge in [0.25, 0.3) is 5.91 Å². The highest BCUT2D eigenvalue weighted by Gasteiger charge is 2.34. The van der Waals surface area contributed by atoms with Crippen LogP contribution < -0.4 is 16.1 Å². The fourth-order valence-corrected chi connectivity index (χ4v) is 3.09. The maximum absolute atomic E-state index is 12.9. The van der Waals surface area contributed by atoms with Gasteiger partial charge in [-0.3, -0.25) is 19.4 Å². The molecule has 0 bridgehead atoms. The summed E-state index contributed by atoms with van der Waals surface area (Å²) in [5.41, 5.74) is 10.4. The number of hydrogen-bond donors (Lipinski definition) is 3. The summed E-state index contributed by atoms with van der Waals surface area (Å²) in [7, 11) is 0. The zero-order valence-corrected chi connectivity index (χ0v) is 22.1. The second-order valence-electron chi connectivity index (χ2n) is 8.71. The summed E-state index contributed by atoms with van der Waals surface area (Å²) in [5, 5.41) is 9.50. The van der Waals surface area contributed by atoms with Gasteiger partial charge in [0.05, 0.1) is 0 Å². The van der Waals surface area contributed by atoms with Gasteiger partial charge in [-0.25, -0.2) is 10.2 Å². The molecule has 0 aromatic carbocycles. The van der Waals surface area contributed by atoms with Crippen LogP contribution in [0, 0.1) is 0 Å². The quantitative estimate of drug-likeness (QED) is 0.128. The third-order valence-electron chi connectivity index (χ3n) is 4.43. The van der Waals surface area contributed by atoms with Crippen molar-refractivity contribution < 1.29 is 28.7 Å². The van der Waals surface area contributed by atoms with Crippen molar-refractivity contribution in [2.24, 2.45) is 5.11 Å². The summed E-state index contributed by atoms with van der Waals surface area (Å²) in [4.78, 5) is 52.6. The predicted octanol–water partition coefficient (Wildman–Crippen LogP) is 2.49. The van der Waals surface area contributed by atoms with Crippen LogP contribution in [0.5, 0.6) is 0 Å². The first-order valence-corrected chi connectivity index (χ1v) is 11.9. The number of amides is 3. The van der Waals surface area contributed by atoms with E-state index in [-0.39, 0.29) is 19.5 Å². The molecule has 0 unspecified atom stereocenters. The van der Waals surface area contributed by atoms with Crippen molar-refractivity contribution in [2.45, 2.75) is 74.5 Å². The molecule has 3 atom stereocenters. The Morgan fingerprint density at radius 2 is 1.89 bits per heavy atom. The molecule has 0 saturated carbocycles. The maximum Gasteiger partial charge on any atom is 0.408 e. The highest BCUT2D eigenvalue weighted by Crippen LogP contribution is 2.26. The fraction of sp³-hybridized carbons (Fsp3) is 0.789. The van der Waals surface area contributed by atoms with Crippen LogP contribution in [0.25, 0.3) is 10.4 Å². The highest BCUT2D eigenvalue weighted by molar-refractivity contribution is 6.67. The fourth-order valence-electron chi connectivity index (χ4n) is 2.93. The summed E-state index contributed by atoms with van der Waals surface area (Å²) in [5.74, 6) is -1.89.